The van der Waals surface area contributed by atoms with E-state index in [9.17, 15) is 27.2 Å². The van der Waals surface area contributed by atoms with Gasteiger partial charge in [-0.1, -0.05) is 12.1 Å². The third-order valence-electron chi connectivity index (χ3n) is 3.77. The van der Waals surface area contributed by atoms with Gasteiger partial charge in [0.05, 0.1) is 17.7 Å². The third kappa shape index (κ3) is 4.82. The Hall–Kier alpha value is -3.27. The van der Waals surface area contributed by atoms with Gasteiger partial charge >= 0.3 is 18.1 Å². The van der Waals surface area contributed by atoms with Crippen molar-refractivity contribution in [3.05, 3.63) is 70.4 Å². The van der Waals surface area contributed by atoms with Gasteiger partial charge in [0.15, 0.2) is 4.88 Å². The Morgan fingerprint density at radius 1 is 1.07 bits per heavy atom. The van der Waals surface area contributed by atoms with Crippen molar-refractivity contribution in [1.29, 1.82) is 0 Å². The van der Waals surface area contributed by atoms with Crippen molar-refractivity contribution < 1.29 is 36.6 Å². The van der Waals surface area contributed by atoms with Gasteiger partial charge in [-0.25, -0.2) is 19.0 Å². The van der Waals surface area contributed by atoms with E-state index >= 15 is 0 Å². The summed E-state index contributed by atoms with van der Waals surface area (Å²) in [7, 11) is 0. The summed E-state index contributed by atoms with van der Waals surface area (Å²) in [5.41, 5.74) is -0.742. The molecule has 0 fully saturated rings. The van der Waals surface area contributed by atoms with Gasteiger partial charge in [0.25, 0.3) is 0 Å². The summed E-state index contributed by atoms with van der Waals surface area (Å²) < 4.78 is 61.6. The maximum absolute atomic E-state index is 13.5. The minimum Gasteiger partial charge on any atom is -0.462 e. The molecule has 30 heavy (non-hydrogen) atoms. The Kier molecular flexibility index (Phi) is 6.16. The molecule has 0 amide bonds. The first-order valence-corrected chi connectivity index (χ1v) is 9.34. The minimum absolute atomic E-state index is 0.0539. The molecule has 0 saturated heterocycles. The lowest BCUT2D eigenvalue weighted by Crippen LogP contribution is -2.13. The van der Waals surface area contributed by atoms with Crippen molar-refractivity contribution in [2.75, 3.05) is 6.61 Å². The highest BCUT2D eigenvalue weighted by atomic mass is 32.1. The van der Waals surface area contributed by atoms with Crippen LogP contribution in [0, 0.1) is 5.82 Å². The molecule has 5 nitrogen and oxygen atoms in total. The van der Waals surface area contributed by atoms with Crippen LogP contribution in [0.5, 0.6) is 5.88 Å². The van der Waals surface area contributed by atoms with Crippen LogP contribution in [0.4, 0.5) is 17.6 Å². The zero-order valence-electron chi connectivity index (χ0n) is 15.3. The third-order valence-corrected chi connectivity index (χ3v) is 4.83. The van der Waals surface area contributed by atoms with E-state index in [4.69, 9.17) is 9.47 Å². The zero-order valence-corrected chi connectivity index (χ0v) is 16.1. The first kappa shape index (κ1) is 21.4. The number of esters is 2. The molecule has 3 rings (SSSR count). The smallest absolute Gasteiger partial charge is 0.416 e. The maximum atomic E-state index is 13.5. The van der Waals surface area contributed by atoms with Crippen molar-refractivity contribution in [1.82, 2.24) is 4.98 Å². The van der Waals surface area contributed by atoms with Crippen LogP contribution < -0.4 is 4.74 Å². The summed E-state index contributed by atoms with van der Waals surface area (Å²) in [5.74, 6) is -2.70. The second kappa shape index (κ2) is 8.62. The van der Waals surface area contributed by atoms with E-state index in [0.717, 1.165) is 35.6 Å². The Balaban J connectivity index is 1.91. The van der Waals surface area contributed by atoms with Crippen LogP contribution in [-0.4, -0.2) is 23.5 Å². The predicted molar refractivity (Wildman–Crippen MR) is 99.9 cm³/mol. The topological polar surface area (TPSA) is 65.5 Å². The quantitative estimate of drug-likeness (QED) is 0.395. The van der Waals surface area contributed by atoms with Crippen molar-refractivity contribution in [3.8, 4) is 16.5 Å². The van der Waals surface area contributed by atoms with Crippen LogP contribution in [0.25, 0.3) is 10.6 Å². The molecule has 10 heteroatoms. The first-order chi connectivity index (χ1) is 14.2. The zero-order chi connectivity index (χ0) is 21.9. The van der Waals surface area contributed by atoms with Crippen molar-refractivity contribution in [3.63, 3.8) is 0 Å². The SMILES string of the molecule is CCOC(=O)c1sc(-c2cccc(F)c2)nc1OC(=O)c1ccc(C(F)(F)F)cc1. The fraction of sp³-hybridized carbons (Fsp3) is 0.150. The molecule has 1 heterocycles. The predicted octanol–water partition coefficient (Wildman–Crippen LogP) is 5.36. The molecule has 0 saturated carbocycles. The van der Waals surface area contributed by atoms with Crippen LogP contribution in [0.15, 0.2) is 48.5 Å². The number of alkyl halides is 3. The number of carbonyl (C=O) groups is 2. The molecule has 0 aliphatic heterocycles. The largest absolute Gasteiger partial charge is 0.462 e. The molecule has 0 radical (unpaired) electrons. The molecule has 0 N–H and O–H groups in total. The summed E-state index contributed by atoms with van der Waals surface area (Å²) in [4.78, 5) is 28.5. The van der Waals surface area contributed by atoms with Gasteiger partial charge in [0.1, 0.15) is 10.8 Å². The van der Waals surface area contributed by atoms with E-state index in [0.29, 0.717) is 5.56 Å². The summed E-state index contributed by atoms with van der Waals surface area (Å²) in [6.07, 6.45) is -4.55. The number of hydrogen-bond donors (Lipinski definition) is 0. The molecule has 0 aliphatic carbocycles. The lowest BCUT2D eigenvalue weighted by molar-refractivity contribution is -0.137. The highest BCUT2D eigenvalue weighted by Crippen LogP contribution is 2.34. The summed E-state index contributed by atoms with van der Waals surface area (Å²) in [5, 5.41) is 0.202. The normalized spacial score (nSPS) is 11.2. The Morgan fingerprint density at radius 3 is 2.37 bits per heavy atom. The fourth-order valence-electron chi connectivity index (χ4n) is 2.39. The highest BCUT2D eigenvalue weighted by molar-refractivity contribution is 7.17. The lowest BCUT2D eigenvalue weighted by atomic mass is 10.1. The Morgan fingerprint density at radius 2 is 1.77 bits per heavy atom. The van der Waals surface area contributed by atoms with Crippen molar-refractivity contribution >= 4 is 23.3 Å². The monoisotopic (exact) mass is 439 g/mol. The number of aromatic nitrogens is 1. The van der Waals surface area contributed by atoms with Crippen LogP contribution in [0.1, 0.15) is 32.5 Å². The van der Waals surface area contributed by atoms with Crippen LogP contribution in [0.3, 0.4) is 0 Å². The van der Waals surface area contributed by atoms with Crippen molar-refractivity contribution in [2.24, 2.45) is 0 Å². The second-order valence-corrected chi connectivity index (χ2v) is 6.85. The van der Waals surface area contributed by atoms with E-state index in [1.165, 1.54) is 18.2 Å². The van der Waals surface area contributed by atoms with E-state index in [1.807, 2.05) is 0 Å². The van der Waals surface area contributed by atoms with Gasteiger partial charge < -0.3 is 9.47 Å². The van der Waals surface area contributed by atoms with E-state index in [1.54, 1.807) is 13.0 Å². The number of thiazole rings is 1. The number of rotatable bonds is 5. The van der Waals surface area contributed by atoms with Gasteiger partial charge in [-0.05, 0) is 43.3 Å². The average molecular weight is 439 g/mol. The Bertz CT molecular complexity index is 1080. The van der Waals surface area contributed by atoms with Gasteiger partial charge in [-0.3, -0.25) is 0 Å². The molecule has 156 valence electrons. The molecule has 2 aromatic carbocycles. The number of halogens is 4. The number of nitrogens with zero attached hydrogens (tertiary/aromatic N) is 1. The molecular weight excluding hydrogens is 426 g/mol. The molecule has 3 aromatic rings. The van der Waals surface area contributed by atoms with E-state index in [2.05, 4.69) is 4.98 Å². The van der Waals surface area contributed by atoms with Gasteiger partial charge in [0, 0.05) is 5.56 Å². The number of carbonyl (C=O) groups excluding carboxylic acids is 2. The summed E-state index contributed by atoms with van der Waals surface area (Å²) in [6, 6.07) is 8.81. The maximum Gasteiger partial charge on any atom is 0.416 e. The van der Waals surface area contributed by atoms with Crippen LogP contribution in [0.2, 0.25) is 0 Å². The van der Waals surface area contributed by atoms with Crippen LogP contribution >= 0.6 is 11.3 Å². The first-order valence-electron chi connectivity index (χ1n) is 8.52. The average Bonchev–Trinajstić information content (AvgIpc) is 3.11. The molecule has 1 aromatic heterocycles. The molecule has 0 spiro atoms. The molecule has 0 aliphatic rings. The molecule has 0 unspecified atom stereocenters. The van der Waals surface area contributed by atoms with Crippen LogP contribution in [-0.2, 0) is 10.9 Å². The standard InChI is InChI=1S/C20H13F4NO4S/c1-2-28-19(27)15-16(25-17(30-15)12-4-3-5-14(21)10-12)29-18(26)11-6-8-13(9-7-11)20(22,23)24/h3-10H,2H2,1H3. The molecular formula is C20H13F4NO4S. The van der Waals surface area contributed by atoms with E-state index in [-0.39, 0.29) is 27.9 Å². The number of ether oxygens (including phenoxy) is 2. The lowest BCUT2D eigenvalue weighted by Gasteiger charge is -2.07. The number of benzene rings is 2. The van der Waals surface area contributed by atoms with Crippen molar-refractivity contribution in [2.45, 2.75) is 13.1 Å². The van der Waals surface area contributed by atoms with Gasteiger partial charge in [-0.2, -0.15) is 13.2 Å². The highest BCUT2D eigenvalue weighted by Gasteiger charge is 2.30. The summed E-state index contributed by atoms with van der Waals surface area (Å²) in [6.45, 7) is 1.64. The van der Waals surface area contributed by atoms with Gasteiger partial charge in [-0.15, -0.1) is 11.3 Å². The molecule has 0 atom stereocenters. The summed E-state index contributed by atoms with van der Waals surface area (Å²) >= 11 is 0.834. The Labute approximate surface area is 171 Å². The second-order valence-electron chi connectivity index (χ2n) is 5.85. The fourth-order valence-corrected chi connectivity index (χ4v) is 3.27. The number of hydrogen-bond acceptors (Lipinski definition) is 6. The van der Waals surface area contributed by atoms with E-state index < -0.39 is 29.5 Å². The van der Waals surface area contributed by atoms with Gasteiger partial charge in [0.2, 0.25) is 5.88 Å². The molecule has 0 bridgehead atoms. The minimum atomic E-state index is -4.55.